The molecule has 0 atom stereocenters. The molecule has 0 saturated heterocycles. The van der Waals surface area contributed by atoms with Gasteiger partial charge < -0.3 is 9.13 Å². The minimum atomic E-state index is -0.535. The van der Waals surface area contributed by atoms with Crippen LogP contribution in [0.3, 0.4) is 0 Å². The summed E-state index contributed by atoms with van der Waals surface area (Å²) in [5.41, 5.74) is 26.3. The molecule has 378 valence electrons. The van der Waals surface area contributed by atoms with Gasteiger partial charge in [0.25, 0.3) is 0 Å². The van der Waals surface area contributed by atoms with Crippen molar-refractivity contribution in [2.45, 2.75) is 5.41 Å². The first kappa shape index (κ1) is 46.5. The van der Waals surface area contributed by atoms with Gasteiger partial charge in [0.05, 0.1) is 27.5 Å². The van der Waals surface area contributed by atoms with Crippen molar-refractivity contribution in [3.8, 4) is 78.1 Å². The first-order chi connectivity index (χ1) is 40.2. The SMILES string of the molecule is c1ccc(-c2ccc(-n3c4ccccc4c4cc(-c5ccc6c(c5)c5ccccc5n6-c5ccc(-c6ccc(-c7cccc(C8(c9ccccc9-c9ccccc9)c9ccccc9-c9ccccc98)c7)cc6)cc5)ccc43)cc2)cc1. The summed E-state index contributed by atoms with van der Waals surface area (Å²) < 4.78 is 4.82. The molecule has 2 aromatic heterocycles. The normalized spacial score (nSPS) is 12.5. The Morgan fingerprint density at radius 1 is 0.198 bits per heavy atom. The van der Waals surface area contributed by atoms with Crippen molar-refractivity contribution in [1.29, 1.82) is 0 Å². The Hall–Kier alpha value is -10.5. The zero-order chi connectivity index (χ0) is 53.4. The Kier molecular flexibility index (Phi) is 10.8. The van der Waals surface area contributed by atoms with E-state index in [1.165, 1.54) is 133 Å². The van der Waals surface area contributed by atoms with Crippen LogP contribution < -0.4 is 0 Å². The van der Waals surface area contributed by atoms with Crippen molar-refractivity contribution in [3.63, 3.8) is 0 Å². The van der Waals surface area contributed by atoms with Gasteiger partial charge in [0.15, 0.2) is 0 Å². The van der Waals surface area contributed by atoms with E-state index in [-0.39, 0.29) is 0 Å². The van der Waals surface area contributed by atoms with E-state index in [4.69, 9.17) is 0 Å². The van der Waals surface area contributed by atoms with Crippen LogP contribution in [0.2, 0.25) is 0 Å². The molecular weight excluding hydrogens is 977 g/mol. The average Bonchev–Trinajstić information content (AvgIpc) is 4.34. The zero-order valence-corrected chi connectivity index (χ0v) is 44.4. The van der Waals surface area contributed by atoms with Gasteiger partial charge in [-0.1, -0.05) is 249 Å². The van der Waals surface area contributed by atoms with Crippen molar-refractivity contribution in [1.82, 2.24) is 9.13 Å². The number of hydrogen-bond donors (Lipinski definition) is 0. The minimum absolute atomic E-state index is 0.535. The molecule has 0 fully saturated rings. The standard InChI is InChI=1S/C79H52N2/c1-3-18-53(19-4-1)55-38-44-63(45-39-55)80-75-32-15-10-27-68(75)70-51-60(42-48-77(70)80)61-43-49-78-71(52-61)69-28-11-16-33-76(69)81(78)64-46-40-56(41-47-64)54-34-36-57(37-35-54)59-22-17-23-62(50-59)79(72-29-12-7-24-65(72)58-20-5-2-6-21-58)73-30-13-8-25-66(73)67-26-9-14-31-74(67)79/h1-52H. The summed E-state index contributed by atoms with van der Waals surface area (Å²) in [4.78, 5) is 0. The number of rotatable bonds is 9. The van der Waals surface area contributed by atoms with Gasteiger partial charge in [0.1, 0.15) is 0 Å². The molecule has 2 nitrogen and oxygen atoms in total. The van der Waals surface area contributed by atoms with Crippen molar-refractivity contribution in [2.75, 3.05) is 0 Å². The monoisotopic (exact) mass is 1030 g/mol. The molecule has 0 amide bonds. The molecule has 2 heteroatoms. The Bertz CT molecular complexity index is 4840. The molecule has 2 heterocycles. The number of aromatic nitrogens is 2. The van der Waals surface area contributed by atoms with Crippen molar-refractivity contribution in [3.05, 3.63) is 338 Å². The summed E-state index contributed by atoms with van der Waals surface area (Å²) in [5.74, 6) is 0. The maximum atomic E-state index is 2.44. The van der Waals surface area contributed by atoms with Crippen LogP contribution in [-0.2, 0) is 5.41 Å². The van der Waals surface area contributed by atoms with E-state index in [0.717, 1.165) is 11.4 Å². The first-order valence-electron chi connectivity index (χ1n) is 28.1. The molecule has 0 radical (unpaired) electrons. The summed E-state index contributed by atoms with van der Waals surface area (Å²) in [6.45, 7) is 0. The van der Waals surface area contributed by atoms with Crippen molar-refractivity contribution >= 4 is 43.6 Å². The molecule has 0 bridgehead atoms. The van der Waals surface area contributed by atoms with Crippen molar-refractivity contribution in [2.24, 2.45) is 0 Å². The van der Waals surface area contributed by atoms with Gasteiger partial charge in [-0.3, -0.25) is 0 Å². The van der Waals surface area contributed by atoms with Gasteiger partial charge >= 0.3 is 0 Å². The topological polar surface area (TPSA) is 9.86 Å². The van der Waals surface area contributed by atoms with Gasteiger partial charge in [-0.05, 0) is 156 Å². The predicted octanol–water partition coefficient (Wildman–Crippen LogP) is 20.6. The lowest BCUT2D eigenvalue weighted by molar-refractivity contribution is 0.771. The van der Waals surface area contributed by atoms with E-state index in [2.05, 4.69) is 325 Å². The highest BCUT2D eigenvalue weighted by atomic mass is 15.0. The summed E-state index contributed by atoms with van der Waals surface area (Å²) >= 11 is 0. The third-order valence-corrected chi connectivity index (χ3v) is 17.3. The van der Waals surface area contributed by atoms with E-state index in [0.29, 0.717) is 0 Å². The lowest BCUT2D eigenvalue weighted by atomic mass is 9.65. The number of fused-ring (bicyclic) bond motifs is 9. The Morgan fingerprint density at radius 3 is 1.04 bits per heavy atom. The second kappa shape index (κ2) is 18.8. The van der Waals surface area contributed by atoms with Crippen molar-refractivity contribution < 1.29 is 0 Å². The van der Waals surface area contributed by atoms with Crippen LogP contribution in [0.5, 0.6) is 0 Å². The number of benzene rings is 13. The quantitative estimate of drug-likeness (QED) is 0.136. The Morgan fingerprint density at radius 2 is 0.531 bits per heavy atom. The Balaban J connectivity index is 0.723. The second-order valence-corrected chi connectivity index (χ2v) is 21.5. The van der Waals surface area contributed by atoms with Crippen LogP contribution in [0, 0.1) is 0 Å². The highest BCUT2D eigenvalue weighted by Gasteiger charge is 2.47. The fourth-order valence-electron chi connectivity index (χ4n) is 13.6. The molecule has 0 saturated carbocycles. The van der Waals surface area contributed by atoms with E-state index in [1.807, 2.05) is 0 Å². The smallest absolute Gasteiger partial charge is 0.0719 e. The van der Waals surface area contributed by atoms with E-state index >= 15 is 0 Å². The zero-order valence-electron chi connectivity index (χ0n) is 44.4. The van der Waals surface area contributed by atoms with Crippen LogP contribution in [-0.4, -0.2) is 9.13 Å². The lowest BCUT2D eigenvalue weighted by Crippen LogP contribution is -2.29. The average molecular weight is 1030 g/mol. The van der Waals surface area contributed by atoms with Crippen LogP contribution in [0.1, 0.15) is 22.3 Å². The van der Waals surface area contributed by atoms with Gasteiger partial charge in [-0.25, -0.2) is 0 Å². The summed E-state index contributed by atoms with van der Waals surface area (Å²) in [7, 11) is 0. The van der Waals surface area contributed by atoms with Crippen LogP contribution >= 0.6 is 0 Å². The number of hydrogen-bond acceptors (Lipinski definition) is 0. The summed E-state index contributed by atoms with van der Waals surface area (Å²) in [6.07, 6.45) is 0. The van der Waals surface area contributed by atoms with Gasteiger partial charge in [-0.2, -0.15) is 0 Å². The predicted molar refractivity (Wildman–Crippen MR) is 340 cm³/mol. The number of para-hydroxylation sites is 2. The summed E-state index contributed by atoms with van der Waals surface area (Å²) in [5, 5.41) is 4.97. The molecule has 81 heavy (non-hydrogen) atoms. The van der Waals surface area contributed by atoms with Crippen LogP contribution in [0.4, 0.5) is 0 Å². The van der Waals surface area contributed by atoms with Gasteiger partial charge in [-0.15, -0.1) is 0 Å². The van der Waals surface area contributed by atoms with Gasteiger partial charge in [0, 0.05) is 32.9 Å². The lowest BCUT2D eigenvalue weighted by Gasteiger charge is -2.36. The molecule has 16 rings (SSSR count). The molecule has 1 aliphatic rings. The van der Waals surface area contributed by atoms with E-state index < -0.39 is 5.41 Å². The summed E-state index contributed by atoms with van der Waals surface area (Å²) in [6, 6.07) is 117. The first-order valence-corrected chi connectivity index (χ1v) is 28.1. The fraction of sp³-hybridized carbons (Fsp3) is 0.0127. The van der Waals surface area contributed by atoms with E-state index in [1.54, 1.807) is 0 Å². The molecule has 1 aliphatic carbocycles. The molecule has 0 unspecified atom stereocenters. The van der Waals surface area contributed by atoms with Crippen LogP contribution in [0.15, 0.2) is 315 Å². The maximum absolute atomic E-state index is 2.44. The maximum Gasteiger partial charge on any atom is 0.0719 e. The number of nitrogens with zero attached hydrogens (tertiary/aromatic N) is 2. The van der Waals surface area contributed by atoms with Gasteiger partial charge in [0.2, 0.25) is 0 Å². The second-order valence-electron chi connectivity index (χ2n) is 21.5. The molecule has 13 aromatic carbocycles. The largest absolute Gasteiger partial charge is 0.309 e. The highest BCUT2D eigenvalue weighted by Crippen LogP contribution is 2.58. The molecule has 0 aliphatic heterocycles. The molecule has 0 spiro atoms. The molecular formula is C79H52N2. The van der Waals surface area contributed by atoms with Crippen LogP contribution in [0.25, 0.3) is 122 Å². The highest BCUT2D eigenvalue weighted by molar-refractivity contribution is 6.13. The van der Waals surface area contributed by atoms with E-state index in [9.17, 15) is 0 Å². The molecule has 0 N–H and O–H groups in total. The third kappa shape index (κ3) is 7.42. The fourth-order valence-corrected chi connectivity index (χ4v) is 13.6. The third-order valence-electron chi connectivity index (χ3n) is 17.3. The Labute approximate surface area is 471 Å². The molecule has 15 aromatic rings. The minimum Gasteiger partial charge on any atom is -0.309 e.